The van der Waals surface area contributed by atoms with E-state index in [0.29, 0.717) is 0 Å². The van der Waals surface area contributed by atoms with Crippen LogP contribution in [0.3, 0.4) is 0 Å². The van der Waals surface area contributed by atoms with Crippen molar-refractivity contribution in [3.63, 3.8) is 0 Å². The number of halogens is 2. The molecule has 0 saturated carbocycles. The fourth-order valence-corrected chi connectivity index (χ4v) is 13.9. The first-order valence-electron chi connectivity index (χ1n) is 18.0. The number of fused-ring (bicyclic) bond motifs is 2. The van der Waals surface area contributed by atoms with Crippen molar-refractivity contribution in [3.05, 3.63) is 30.8 Å². The molecule has 0 aromatic carbocycles. The van der Waals surface area contributed by atoms with Crippen LogP contribution in [0.2, 0.25) is 0 Å². The molecule has 44 heavy (non-hydrogen) atoms. The van der Waals surface area contributed by atoms with E-state index in [1.165, 1.54) is 192 Å². The number of hydrogen-bond donors (Lipinski definition) is 0. The Morgan fingerprint density at radius 3 is 1.02 bits per heavy atom. The van der Waals surface area contributed by atoms with Crippen molar-refractivity contribution in [2.24, 2.45) is 0 Å². The second-order valence-electron chi connectivity index (χ2n) is 12.9. The van der Waals surface area contributed by atoms with Gasteiger partial charge < -0.3 is 0 Å². The van der Waals surface area contributed by atoms with E-state index in [2.05, 4.69) is 56.5 Å². The molecule has 246 valence electrons. The summed E-state index contributed by atoms with van der Waals surface area (Å²) < 4.78 is 8.58. The molecule has 0 bridgehead atoms. The van der Waals surface area contributed by atoms with E-state index in [0.717, 1.165) is 0 Å². The lowest BCUT2D eigenvalue weighted by Crippen LogP contribution is -1.85. The number of rotatable bonds is 25. The highest BCUT2D eigenvalue weighted by atomic mass is 79.9. The molecule has 6 heteroatoms. The van der Waals surface area contributed by atoms with Crippen LogP contribution in [0.1, 0.15) is 166 Å². The standard InChI is InChI=1S/C38H56Br2S4/c1-3-5-7-9-11-13-15-17-19-21-23-25-29-27-41-35-31(39)37(43-33(29)35)38-32(40)36-34(44-38)30(28-42-36)26-24-22-20-18-16-14-12-10-8-6-4-2/h27-28H,3-26H2,1-2H3. The summed E-state index contributed by atoms with van der Waals surface area (Å²) in [7, 11) is 0. The highest BCUT2D eigenvalue weighted by Gasteiger charge is 2.22. The van der Waals surface area contributed by atoms with E-state index in [4.69, 9.17) is 0 Å². The van der Waals surface area contributed by atoms with Gasteiger partial charge in [-0.25, -0.2) is 0 Å². The first kappa shape index (κ1) is 37.1. The van der Waals surface area contributed by atoms with Crippen LogP contribution < -0.4 is 0 Å². The largest absolute Gasteiger partial charge is 0.141 e. The predicted octanol–water partition coefficient (Wildman–Crippen LogP) is 17.1. The Bertz CT molecular complexity index is 1240. The minimum atomic E-state index is 1.23. The Morgan fingerprint density at radius 2 is 0.705 bits per heavy atom. The summed E-state index contributed by atoms with van der Waals surface area (Å²) in [6, 6.07) is 0. The van der Waals surface area contributed by atoms with Gasteiger partial charge in [-0.1, -0.05) is 142 Å². The fraction of sp³-hybridized carbons (Fsp3) is 0.684. The summed E-state index contributed by atoms with van der Waals surface area (Å²) in [6.45, 7) is 4.61. The number of unbranched alkanes of at least 4 members (excludes halogenated alkanes) is 20. The number of thiophene rings is 4. The molecule has 4 aromatic rings. The van der Waals surface area contributed by atoms with E-state index >= 15 is 0 Å². The van der Waals surface area contributed by atoms with Crippen LogP contribution >= 0.6 is 77.2 Å². The van der Waals surface area contributed by atoms with E-state index in [9.17, 15) is 0 Å². The molecule has 0 aliphatic heterocycles. The van der Waals surface area contributed by atoms with Gasteiger partial charge in [0.25, 0.3) is 0 Å². The quantitative estimate of drug-likeness (QED) is 0.0586. The maximum atomic E-state index is 4.04. The van der Waals surface area contributed by atoms with Crippen molar-refractivity contribution >= 4 is 96.0 Å². The Balaban J connectivity index is 1.22. The zero-order valence-corrected chi connectivity index (χ0v) is 34.0. The molecule has 0 spiro atoms. The first-order valence-corrected chi connectivity index (χ1v) is 23.0. The number of aryl methyl sites for hydroxylation is 2. The van der Waals surface area contributed by atoms with E-state index in [1.807, 2.05) is 45.3 Å². The van der Waals surface area contributed by atoms with Gasteiger partial charge in [-0.3, -0.25) is 0 Å². The van der Waals surface area contributed by atoms with E-state index in [1.54, 1.807) is 11.1 Å². The lowest BCUT2D eigenvalue weighted by Gasteiger charge is -2.02. The number of hydrogen-bond acceptors (Lipinski definition) is 4. The summed E-state index contributed by atoms with van der Waals surface area (Å²) in [5.41, 5.74) is 3.15. The summed E-state index contributed by atoms with van der Waals surface area (Å²) in [5, 5.41) is 4.86. The maximum Gasteiger partial charge on any atom is 0.0618 e. The Morgan fingerprint density at radius 1 is 0.409 bits per heavy atom. The zero-order valence-electron chi connectivity index (χ0n) is 27.5. The Hall–Kier alpha value is 0.280. The minimum Gasteiger partial charge on any atom is -0.141 e. The second kappa shape index (κ2) is 21.3. The van der Waals surface area contributed by atoms with Gasteiger partial charge in [0, 0.05) is 0 Å². The van der Waals surface area contributed by atoms with Crippen LogP contribution in [0.25, 0.3) is 28.6 Å². The van der Waals surface area contributed by atoms with Gasteiger partial charge in [0.1, 0.15) is 0 Å². The molecule has 0 unspecified atom stereocenters. The summed E-state index contributed by atoms with van der Waals surface area (Å²) >= 11 is 16.0. The summed E-state index contributed by atoms with van der Waals surface area (Å²) in [5.74, 6) is 0. The van der Waals surface area contributed by atoms with Crippen LogP contribution in [-0.2, 0) is 12.8 Å². The average Bonchev–Trinajstić information content (AvgIpc) is 3.78. The average molecular weight is 801 g/mol. The topological polar surface area (TPSA) is 0 Å². The van der Waals surface area contributed by atoms with Gasteiger partial charge in [0.05, 0.1) is 37.5 Å². The predicted molar refractivity (Wildman–Crippen MR) is 214 cm³/mol. The van der Waals surface area contributed by atoms with Gasteiger partial charge in [-0.05, 0) is 79.4 Å². The van der Waals surface area contributed by atoms with Crippen molar-refractivity contribution < 1.29 is 0 Å². The van der Waals surface area contributed by atoms with Gasteiger partial charge >= 0.3 is 0 Å². The third-order valence-electron chi connectivity index (χ3n) is 9.15. The molecule has 0 N–H and O–H groups in total. The molecule has 4 aromatic heterocycles. The van der Waals surface area contributed by atoms with Gasteiger partial charge in [-0.15, -0.1) is 45.3 Å². The lowest BCUT2D eigenvalue weighted by molar-refractivity contribution is 0.550. The molecule has 0 atom stereocenters. The van der Waals surface area contributed by atoms with Gasteiger partial charge in [-0.2, -0.15) is 0 Å². The molecular weight excluding hydrogens is 744 g/mol. The van der Waals surface area contributed by atoms with Crippen molar-refractivity contribution in [1.82, 2.24) is 0 Å². The van der Waals surface area contributed by atoms with Crippen LogP contribution in [0.4, 0.5) is 0 Å². The third-order valence-corrected chi connectivity index (χ3v) is 16.8. The fourth-order valence-electron chi connectivity index (χ4n) is 6.39. The molecule has 0 aliphatic carbocycles. The first-order chi connectivity index (χ1) is 21.7. The summed E-state index contributed by atoms with van der Waals surface area (Å²) in [6.07, 6.45) is 33.5. The third kappa shape index (κ3) is 11.2. The van der Waals surface area contributed by atoms with Gasteiger partial charge in [0.15, 0.2) is 0 Å². The highest BCUT2D eigenvalue weighted by Crippen LogP contribution is 2.54. The Kier molecular flexibility index (Phi) is 18.0. The van der Waals surface area contributed by atoms with E-state index < -0.39 is 0 Å². The van der Waals surface area contributed by atoms with Crippen molar-refractivity contribution in [3.8, 4) is 9.75 Å². The molecular formula is C38H56Br2S4. The zero-order chi connectivity index (χ0) is 31.0. The molecule has 0 aliphatic rings. The van der Waals surface area contributed by atoms with Crippen molar-refractivity contribution in [2.75, 3.05) is 0 Å². The van der Waals surface area contributed by atoms with Crippen molar-refractivity contribution in [2.45, 2.75) is 168 Å². The molecule has 4 heterocycles. The van der Waals surface area contributed by atoms with Crippen LogP contribution in [0, 0.1) is 0 Å². The van der Waals surface area contributed by atoms with Crippen LogP contribution in [0.5, 0.6) is 0 Å². The highest BCUT2D eigenvalue weighted by molar-refractivity contribution is 9.11. The molecule has 0 amide bonds. The van der Waals surface area contributed by atoms with E-state index in [-0.39, 0.29) is 0 Å². The Labute approximate surface area is 302 Å². The van der Waals surface area contributed by atoms with Crippen LogP contribution in [0.15, 0.2) is 19.7 Å². The van der Waals surface area contributed by atoms with Crippen LogP contribution in [-0.4, -0.2) is 0 Å². The molecule has 0 saturated heterocycles. The molecule has 4 rings (SSSR count). The SMILES string of the molecule is CCCCCCCCCCCCCc1csc2c(Br)c(-c3sc4c(CCCCCCCCCCCCC)csc4c3Br)sc12. The lowest BCUT2D eigenvalue weighted by atomic mass is 10.0. The van der Waals surface area contributed by atoms with Gasteiger partial charge in [0.2, 0.25) is 0 Å². The smallest absolute Gasteiger partial charge is 0.0618 e. The molecule has 0 fully saturated rings. The molecule has 0 radical (unpaired) electrons. The normalized spacial score (nSPS) is 12.0. The maximum absolute atomic E-state index is 4.04. The minimum absolute atomic E-state index is 1.23. The summed E-state index contributed by atoms with van der Waals surface area (Å²) in [4.78, 5) is 2.85. The second-order valence-corrected chi connectivity index (χ2v) is 18.3. The monoisotopic (exact) mass is 798 g/mol. The molecule has 0 nitrogen and oxygen atoms in total. The van der Waals surface area contributed by atoms with Crippen molar-refractivity contribution in [1.29, 1.82) is 0 Å².